The third-order valence-corrected chi connectivity index (χ3v) is 4.62. The van der Waals surface area contributed by atoms with Gasteiger partial charge in [-0.1, -0.05) is 13.5 Å². The predicted octanol–water partition coefficient (Wildman–Crippen LogP) is 3.92. The van der Waals surface area contributed by atoms with Crippen molar-refractivity contribution in [2.24, 2.45) is 0 Å². The minimum absolute atomic E-state index is 0.283. The van der Waals surface area contributed by atoms with E-state index >= 15 is 0 Å². The maximum atomic E-state index is 12.8. The maximum absolute atomic E-state index is 12.8. The molecule has 1 aliphatic rings. The first-order valence-electron chi connectivity index (χ1n) is 8.22. The van der Waals surface area contributed by atoms with Crippen LogP contribution in [0.1, 0.15) is 59.3 Å². The highest BCUT2D eigenvalue weighted by molar-refractivity contribution is 5.87. The molecule has 0 aromatic heterocycles. The third kappa shape index (κ3) is 5.48. The number of hydrogen-bond donors (Lipinski definition) is 1. The monoisotopic (exact) mass is 352 g/mol. The largest absolute Gasteiger partial charge is 0.459 e. The third-order valence-electron chi connectivity index (χ3n) is 4.62. The van der Waals surface area contributed by atoms with Gasteiger partial charge in [0.15, 0.2) is 5.60 Å². The topological polar surface area (TPSA) is 55.8 Å². The Bertz CT molecular complexity index is 459. The molecule has 0 aromatic rings. The fourth-order valence-corrected chi connectivity index (χ4v) is 2.69. The molecule has 3 unspecified atom stereocenters. The molecule has 1 saturated carbocycles. The number of halogens is 3. The maximum Gasteiger partial charge on any atom is 0.419 e. The lowest BCUT2D eigenvalue weighted by atomic mass is 9.91. The van der Waals surface area contributed by atoms with E-state index in [-0.39, 0.29) is 6.10 Å². The SMILES string of the molecule is C=C(C)C(=O)OC1CCCC(CC)(OCC(C)(O)C(F)(F)F)CC1. The van der Waals surface area contributed by atoms with E-state index in [9.17, 15) is 23.1 Å². The molecule has 1 aliphatic carbocycles. The molecule has 0 saturated heterocycles. The summed E-state index contributed by atoms with van der Waals surface area (Å²) in [6.07, 6.45) is -1.62. The van der Waals surface area contributed by atoms with Gasteiger partial charge in [0.25, 0.3) is 0 Å². The first-order valence-corrected chi connectivity index (χ1v) is 8.22. The highest BCUT2D eigenvalue weighted by Gasteiger charge is 2.51. The van der Waals surface area contributed by atoms with Gasteiger partial charge in [-0.15, -0.1) is 0 Å². The lowest BCUT2D eigenvalue weighted by Crippen LogP contribution is -2.49. The highest BCUT2D eigenvalue weighted by Crippen LogP contribution is 2.37. The summed E-state index contributed by atoms with van der Waals surface area (Å²) in [6.45, 7) is 6.86. The van der Waals surface area contributed by atoms with Crippen LogP contribution in [-0.2, 0) is 14.3 Å². The van der Waals surface area contributed by atoms with Crippen molar-refractivity contribution in [3.8, 4) is 0 Å². The second-order valence-electron chi connectivity index (χ2n) is 6.84. The quantitative estimate of drug-likeness (QED) is 0.447. The molecular formula is C17H27F3O4. The predicted molar refractivity (Wildman–Crippen MR) is 83.4 cm³/mol. The van der Waals surface area contributed by atoms with Crippen molar-refractivity contribution in [1.29, 1.82) is 0 Å². The Hall–Kier alpha value is -1.08. The van der Waals surface area contributed by atoms with Gasteiger partial charge in [-0.05, 0) is 52.4 Å². The molecule has 3 atom stereocenters. The van der Waals surface area contributed by atoms with Crippen LogP contribution in [0.2, 0.25) is 0 Å². The molecule has 0 radical (unpaired) electrons. The summed E-state index contributed by atoms with van der Waals surface area (Å²) in [7, 11) is 0. The number of aliphatic hydroxyl groups is 1. The van der Waals surface area contributed by atoms with Crippen molar-refractivity contribution < 1.29 is 32.5 Å². The summed E-state index contributed by atoms with van der Waals surface area (Å²) in [4.78, 5) is 11.6. The molecule has 24 heavy (non-hydrogen) atoms. The molecule has 140 valence electrons. The molecule has 0 aromatic carbocycles. The minimum atomic E-state index is -4.74. The van der Waals surface area contributed by atoms with Crippen molar-refractivity contribution in [2.45, 2.75) is 82.8 Å². The molecule has 0 heterocycles. The van der Waals surface area contributed by atoms with Gasteiger partial charge in [0.2, 0.25) is 0 Å². The van der Waals surface area contributed by atoms with Crippen molar-refractivity contribution >= 4 is 5.97 Å². The average Bonchev–Trinajstić information content (AvgIpc) is 2.67. The Balaban J connectivity index is 2.68. The zero-order chi connectivity index (χ0) is 18.6. The van der Waals surface area contributed by atoms with Gasteiger partial charge >= 0.3 is 12.1 Å². The van der Waals surface area contributed by atoms with Crippen LogP contribution >= 0.6 is 0 Å². The smallest absolute Gasteiger partial charge is 0.419 e. The standard InChI is InChI=1S/C17H27F3O4/c1-5-16(23-11-15(4,22)17(18,19)20)9-6-7-13(8-10-16)24-14(21)12(2)3/h13,22H,2,5-11H2,1,3-4H3. The van der Waals surface area contributed by atoms with Gasteiger partial charge in [-0.25, -0.2) is 4.79 Å². The zero-order valence-corrected chi connectivity index (χ0v) is 14.5. The van der Waals surface area contributed by atoms with Gasteiger partial charge in [0, 0.05) is 5.57 Å². The van der Waals surface area contributed by atoms with Crippen LogP contribution in [0.25, 0.3) is 0 Å². The van der Waals surface area contributed by atoms with E-state index in [1.54, 1.807) is 6.92 Å². The van der Waals surface area contributed by atoms with Gasteiger partial charge in [-0.2, -0.15) is 13.2 Å². The van der Waals surface area contributed by atoms with Gasteiger partial charge in [0.05, 0.1) is 12.2 Å². The van der Waals surface area contributed by atoms with Crippen molar-refractivity contribution in [2.75, 3.05) is 6.61 Å². The fourth-order valence-electron chi connectivity index (χ4n) is 2.69. The van der Waals surface area contributed by atoms with Crippen LogP contribution in [0.3, 0.4) is 0 Å². The van der Waals surface area contributed by atoms with Gasteiger partial charge < -0.3 is 14.6 Å². The van der Waals surface area contributed by atoms with Crippen LogP contribution in [0, 0.1) is 0 Å². The molecule has 0 bridgehead atoms. The highest BCUT2D eigenvalue weighted by atomic mass is 19.4. The molecule has 0 spiro atoms. The number of alkyl halides is 3. The number of ether oxygens (including phenoxy) is 2. The Kier molecular flexibility index (Phi) is 6.87. The number of hydrogen-bond acceptors (Lipinski definition) is 4. The van der Waals surface area contributed by atoms with E-state index in [2.05, 4.69) is 6.58 Å². The second kappa shape index (κ2) is 7.87. The fraction of sp³-hybridized carbons (Fsp3) is 0.824. The van der Waals surface area contributed by atoms with Crippen molar-refractivity contribution in [3.63, 3.8) is 0 Å². The van der Waals surface area contributed by atoms with Crippen LogP contribution in [-0.4, -0.2) is 41.2 Å². The molecule has 1 fully saturated rings. The summed E-state index contributed by atoms with van der Waals surface area (Å²) < 4.78 is 49.3. The number of rotatable bonds is 6. The molecular weight excluding hydrogens is 325 g/mol. The summed E-state index contributed by atoms with van der Waals surface area (Å²) in [5.74, 6) is -0.454. The van der Waals surface area contributed by atoms with Gasteiger partial charge in [0.1, 0.15) is 6.10 Å². The summed E-state index contributed by atoms with van der Waals surface area (Å²) in [6, 6.07) is 0. The molecule has 0 aliphatic heterocycles. The van der Waals surface area contributed by atoms with E-state index in [1.807, 2.05) is 6.92 Å². The average molecular weight is 352 g/mol. The number of carbonyl (C=O) groups excluding carboxylic acids is 1. The molecule has 4 nitrogen and oxygen atoms in total. The first kappa shape index (κ1) is 21.0. The van der Waals surface area contributed by atoms with Crippen molar-refractivity contribution in [1.82, 2.24) is 0 Å². The Labute approximate surface area is 141 Å². The Morgan fingerprint density at radius 1 is 1.33 bits per heavy atom. The van der Waals surface area contributed by atoms with E-state index in [4.69, 9.17) is 9.47 Å². The lowest BCUT2D eigenvalue weighted by molar-refractivity contribution is -0.278. The summed E-state index contributed by atoms with van der Waals surface area (Å²) in [5.41, 5.74) is -3.30. The molecule has 1 rings (SSSR count). The van der Waals surface area contributed by atoms with Crippen LogP contribution in [0.5, 0.6) is 0 Å². The first-order chi connectivity index (χ1) is 10.9. The van der Waals surface area contributed by atoms with E-state index in [0.717, 1.165) is 0 Å². The minimum Gasteiger partial charge on any atom is -0.459 e. The molecule has 0 amide bonds. The molecule has 7 heteroatoms. The van der Waals surface area contributed by atoms with Gasteiger partial charge in [-0.3, -0.25) is 0 Å². The summed E-state index contributed by atoms with van der Waals surface area (Å²) in [5, 5.41) is 9.56. The second-order valence-corrected chi connectivity index (χ2v) is 6.84. The number of esters is 1. The number of carbonyl (C=O) groups is 1. The Morgan fingerprint density at radius 3 is 2.46 bits per heavy atom. The van der Waals surface area contributed by atoms with E-state index < -0.39 is 30.0 Å². The molecule has 1 N–H and O–H groups in total. The normalized spacial score (nSPS) is 27.9. The van der Waals surface area contributed by atoms with E-state index in [0.29, 0.717) is 51.0 Å². The van der Waals surface area contributed by atoms with Crippen molar-refractivity contribution in [3.05, 3.63) is 12.2 Å². The lowest BCUT2D eigenvalue weighted by Gasteiger charge is -2.36. The Morgan fingerprint density at radius 2 is 1.96 bits per heavy atom. The summed E-state index contributed by atoms with van der Waals surface area (Å²) >= 11 is 0. The van der Waals surface area contributed by atoms with Crippen LogP contribution in [0.4, 0.5) is 13.2 Å². The van der Waals surface area contributed by atoms with Crippen LogP contribution in [0.15, 0.2) is 12.2 Å². The zero-order valence-electron chi connectivity index (χ0n) is 14.5. The van der Waals surface area contributed by atoms with E-state index in [1.165, 1.54) is 0 Å². The van der Waals surface area contributed by atoms with Crippen LogP contribution < -0.4 is 0 Å².